The van der Waals surface area contributed by atoms with Crippen LogP contribution in [0.1, 0.15) is 0 Å². The minimum Gasteiger partial charge on any atom is -0.479 e. The molecule has 8 heteroatoms. The molecule has 4 N–H and O–H groups in total. The normalized spacial score (nSPS) is 41.5. The van der Waals surface area contributed by atoms with E-state index < -0.39 is 36.7 Å². The Labute approximate surface area is 89.8 Å². The van der Waals surface area contributed by atoms with Gasteiger partial charge in [0.15, 0.2) is 12.4 Å². The first kappa shape index (κ1) is 12.7. The Hall–Kier alpha value is -0.380. The van der Waals surface area contributed by atoms with Gasteiger partial charge in [0.05, 0.1) is 0 Å². The lowest BCUT2D eigenvalue weighted by molar-refractivity contribution is -0.268. The number of hydrogen-bond acceptors (Lipinski definition) is 7. The predicted molar refractivity (Wildman–Crippen MR) is 48.9 cm³/mol. The van der Waals surface area contributed by atoms with Crippen molar-refractivity contribution in [1.29, 1.82) is 0 Å². The van der Waals surface area contributed by atoms with Gasteiger partial charge in [-0.1, -0.05) is 0 Å². The summed E-state index contributed by atoms with van der Waals surface area (Å²) in [6, 6.07) is 0. The average molecular weight is 240 g/mol. The Morgan fingerprint density at radius 1 is 1.27 bits per heavy atom. The molecule has 88 valence electrons. The van der Waals surface area contributed by atoms with Crippen LogP contribution >= 0.6 is 12.0 Å². The van der Waals surface area contributed by atoms with E-state index in [1.807, 2.05) is 0 Å². The molecule has 5 atom stereocenters. The minimum atomic E-state index is -1.68. The molecular formula is C7H12O7S. The van der Waals surface area contributed by atoms with Gasteiger partial charge in [0, 0.05) is 6.26 Å². The minimum absolute atomic E-state index is 0.858. The summed E-state index contributed by atoms with van der Waals surface area (Å²) in [5.41, 5.74) is 0. The number of carboxylic acid groups (broad SMARTS) is 1. The van der Waals surface area contributed by atoms with E-state index in [0.717, 1.165) is 12.0 Å². The van der Waals surface area contributed by atoms with Gasteiger partial charge in [-0.2, -0.15) is 0 Å². The van der Waals surface area contributed by atoms with Crippen molar-refractivity contribution in [2.45, 2.75) is 30.7 Å². The highest BCUT2D eigenvalue weighted by Crippen LogP contribution is 2.24. The molecular weight excluding hydrogens is 228 g/mol. The molecule has 0 amide bonds. The fourth-order valence-corrected chi connectivity index (χ4v) is 1.58. The van der Waals surface area contributed by atoms with Gasteiger partial charge >= 0.3 is 5.97 Å². The number of aliphatic hydroxyl groups excluding tert-OH is 3. The first-order valence-corrected chi connectivity index (χ1v) is 5.26. The first-order valence-electron chi connectivity index (χ1n) is 4.11. The van der Waals surface area contributed by atoms with E-state index in [0.29, 0.717) is 0 Å². The quantitative estimate of drug-likeness (QED) is 0.426. The maximum Gasteiger partial charge on any atom is 0.335 e. The van der Waals surface area contributed by atoms with Gasteiger partial charge in [-0.05, 0) is 12.0 Å². The van der Waals surface area contributed by atoms with Crippen LogP contribution in [0.25, 0.3) is 0 Å². The molecule has 1 rings (SSSR count). The third-order valence-electron chi connectivity index (χ3n) is 2.00. The summed E-state index contributed by atoms with van der Waals surface area (Å²) in [4.78, 5) is 10.6. The summed E-state index contributed by atoms with van der Waals surface area (Å²) in [6.45, 7) is 0. The maximum atomic E-state index is 10.6. The second-order valence-corrected chi connectivity index (χ2v) is 3.52. The highest BCUT2D eigenvalue weighted by Gasteiger charge is 2.47. The average Bonchev–Trinajstić information content (AvgIpc) is 2.18. The van der Waals surface area contributed by atoms with E-state index in [4.69, 9.17) is 14.0 Å². The molecule has 1 aliphatic rings. The smallest absolute Gasteiger partial charge is 0.335 e. The van der Waals surface area contributed by atoms with Crippen molar-refractivity contribution in [2.24, 2.45) is 0 Å². The van der Waals surface area contributed by atoms with Gasteiger partial charge in [0.1, 0.15) is 18.3 Å². The van der Waals surface area contributed by atoms with Gasteiger partial charge in [-0.25, -0.2) is 4.79 Å². The Balaban J connectivity index is 2.75. The lowest BCUT2D eigenvalue weighted by atomic mass is 9.99. The summed E-state index contributed by atoms with van der Waals surface area (Å²) in [5, 5.41) is 36.6. The Morgan fingerprint density at radius 3 is 2.33 bits per heavy atom. The Bertz CT molecular complexity index is 235. The van der Waals surface area contributed by atoms with Crippen LogP contribution in [0.15, 0.2) is 0 Å². The molecule has 0 unspecified atom stereocenters. The third kappa shape index (κ3) is 2.60. The van der Waals surface area contributed by atoms with E-state index in [2.05, 4.69) is 0 Å². The van der Waals surface area contributed by atoms with Crippen LogP contribution in [0, 0.1) is 0 Å². The van der Waals surface area contributed by atoms with Crippen LogP contribution in [-0.4, -0.2) is 63.4 Å². The largest absolute Gasteiger partial charge is 0.479 e. The molecule has 0 spiro atoms. The SMILES string of the molecule is CSO[C@H]1O[C@H](C(=O)O)[C@@H](O)[C@H](O)[C@H]1O. The number of ether oxygens (including phenoxy) is 1. The summed E-state index contributed by atoms with van der Waals surface area (Å²) in [5.74, 6) is -1.43. The summed E-state index contributed by atoms with van der Waals surface area (Å²) < 4.78 is 9.58. The van der Waals surface area contributed by atoms with Gasteiger partial charge < -0.3 is 25.2 Å². The first-order chi connectivity index (χ1) is 6.99. The van der Waals surface area contributed by atoms with Crippen LogP contribution in [0.2, 0.25) is 0 Å². The van der Waals surface area contributed by atoms with Crippen molar-refractivity contribution >= 4 is 18.0 Å². The predicted octanol–water partition coefficient (Wildman–Crippen LogP) is -1.83. The lowest BCUT2D eigenvalue weighted by Crippen LogP contribution is -2.59. The monoisotopic (exact) mass is 240 g/mol. The second-order valence-electron chi connectivity index (χ2n) is 3.00. The molecule has 1 fully saturated rings. The fraction of sp³-hybridized carbons (Fsp3) is 0.857. The topological polar surface area (TPSA) is 116 Å². The molecule has 0 saturated carbocycles. The number of carbonyl (C=O) groups is 1. The molecule has 1 heterocycles. The third-order valence-corrected chi connectivity index (χ3v) is 2.39. The van der Waals surface area contributed by atoms with E-state index in [1.54, 1.807) is 6.26 Å². The van der Waals surface area contributed by atoms with E-state index >= 15 is 0 Å². The van der Waals surface area contributed by atoms with Crippen molar-refractivity contribution in [3.8, 4) is 0 Å². The van der Waals surface area contributed by atoms with Gasteiger partial charge in [0.25, 0.3) is 0 Å². The van der Waals surface area contributed by atoms with Gasteiger partial charge in [-0.15, -0.1) is 0 Å². The molecule has 15 heavy (non-hydrogen) atoms. The second kappa shape index (κ2) is 5.10. The molecule has 0 aromatic rings. The molecule has 0 aliphatic carbocycles. The Morgan fingerprint density at radius 2 is 1.87 bits per heavy atom. The van der Waals surface area contributed by atoms with Crippen LogP contribution in [0.4, 0.5) is 0 Å². The molecule has 1 saturated heterocycles. The number of aliphatic hydroxyl groups is 3. The van der Waals surface area contributed by atoms with Crippen LogP contribution in [0.5, 0.6) is 0 Å². The number of aliphatic carboxylic acids is 1. The van der Waals surface area contributed by atoms with Crippen molar-refractivity contribution in [3.63, 3.8) is 0 Å². The maximum absolute atomic E-state index is 10.6. The molecule has 0 aromatic carbocycles. The van der Waals surface area contributed by atoms with E-state index in [1.165, 1.54) is 0 Å². The van der Waals surface area contributed by atoms with E-state index in [-0.39, 0.29) is 0 Å². The summed E-state index contributed by atoms with van der Waals surface area (Å²) in [6.07, 6.45) is -6.12. The zero-order valence-corrected chi connectivity index (χ0v) is 8.63. The van der Waals surface area contributed by atoms with Crippen LogP contribution < -0.4 is 0 Å². The molecule has 0 aromatic heterocycles. The highest BCUT2D eigenvalue weighted by molar-refractivity contribution is 7.93. The van der Waals surface area contributed by atoms with Gasteiger partial charge in [-0.3, -0.25) is 4.18 Å². The Kier molecular flexibility index (Phi) is 4.32. The molecule has 1 aliphatic heterocycles. The van der Waals surface area contributed by atoms with Crippen molar-refractivity contribution < 1.29 is 34.1 Å². The molecule has 0 bridgehead atoms. The fourth-order valence-electron chi connectivity index (χ4n) is 1.23. The molecule has 0 radical (unpaired) electrons. The molecule has 7 nitrogen and oxygen atoms in total. The van der Waals surface area contributed by atoms with Gasteiger partial charge in [0.2, 0.25) is 0 Å². The number of carboxylic acids is 1. The number of hydrogen-bond donors (Lipinski definition) is 4. The zero-order chi connectivity index (χ0) is 11.6. The van der Waals surface area contributed by atoms with Crippen LogP contribution in [-0.2, 0) is 13.7 Å². The summed E-state index contributed by atoms with van der Waals surface area (Å²) in [7, 11) is 0. The number of rotatable bonds is 3. The lowest BCUT2D eigenvalue weighted by Gasteiger charge is -2.37. The van der Waals surface area contributed by atoms with Crippen LogP contribution in [0.3, 0.4) is 0 Å². The van der Waals surface area contributed by atoms with Crippen molar-refractivity contribution in [2.75, 3.05) is 6.26 Å². The van der Waals surface area contributed by atoms with Crippen molar-refractivity contribution in [1.82, 2.24) is 0 Å². The van der Waals surface area contributed by atoms with Crippen molar-refractivity contribution in [3.05, 3.63) is 0 Å². The zero-order valence-electron chi connectivity index (χ0n) is 7.81. The summed E-state index contributed by atoms with van der Waals surface area (Å²) >= 11 is 0.858. The van der Waals surface area contributed by atoms with E-state index in [9.17, 15) is 20.1 Å². The standard InChI is InChI=1S/C7H12O7S/c1-15-14-7-4(10)2(8)3(9)5(13-7)6(11)12/h2-5,7-10H,1H3,(H,11,12)/t2-,3-,4+,5-,7+/m0/s1. The highest BCUT2D eigenvalue weighted by atomic mass is 32.2.